The molecule has 3 fully saturated rings. The molecule has 1 aliphatic carbocycles. The van der Waals surface area contributed by atoms with Crippen LogP contribution in [0.2, 0.25) is 0 Å². The minimum Gasteiger partial charge on any atom is -0.457 e. The van der Waals surface area contributed by atoms with Crippen molar-refractivity contribution >= 4 is 38.4 Å². The summed E-state index contributed by atoms with van der Waals surface area (Å²) in [4.78, 5) is 19.1. The first kappa shape index (κ1) is 22.5. The minimum atomic E-state index is -3.10. The van der Waals surface area contributed by atoms with Crippen LogP contribution in [0.1, 0.15) is 38.5 Å². The van der Waals surface area contributed by atoms with E-state index in [1.54, 1.807) is 0 Å². The van der Waals surface area contributed by atoms with E-state index in [-0.39, 0.29) is 28.7 Å². The van der Waals surface area contributed by atoms with Gasteiger partial charge in [0, 0.05) is 17.4 Å². The molecule has 1 amide bonds. The molecule has 0 radical (unpaired) electrons. The zero-order valence-electron chi connectivity index (χ0n) is 18.4. The zero-order valence-corrected chi connectivity index (χ0v) is 20.1. The van der Waals surface area contributed by atoms with Gasteiger partial charge in [-0.25, -0.2) is 8.42 Å². The summed E-state index contributed by atoms with van der Waals surface area (Å²) in [5, 5.41) is 0.518. The summed E-state index contributed by atoms with van der Waals surface area (Å²) in [6.07, 6.45) is 6.30. The largest absolute Gasteiger partial charge is 0.457 e. The topological polar surface area (TPSA) is 76.0 Å². The molecule has 33 heavy (non-hydrogen) atoms. The molecule has 8 heteroatoms. The predicted molar refractivity (Wildman–Crippen MR) is 133 cm³/mol. The van der Waals surface area contributed by atoms with E-state index in [4.69, 9.17) is 4.74 Å². The van der Waals surface area contributed by atoms with Crippen molar-refractivity contribution < 1.29 is 17.9 Å². The highest BCUT2D eigenvalue weighted by atomic mass is 32.2. The van der Waals surface area contributed by atoms with Gasteiger partial charge in [-0.2, -0.15) is 4.99 Å². The Morgan fingerprint density at radius 1 is 1.00 bits per heavy atom. The van der Waals surface area contributed by atoms with E-state index in [1.807, 2.05) is 59.5 Å². The third-order valence-corrected chi connectivity index (χ3v) is 9.83. The molecule has 174 valence electrons. The van der Waals surface area contributed by atoms with E-state index in [1.165, 1.54) is 37.4 Å². The van der Waals surface area contributed by atoms with Crippen LogP contribution in [0.5, 0.6) is 11.5 Å². The second-order valence-corrected chi connectivity index (χ2v) is 12.4. The number of sulfone groups is 1. The van der Waals surface area contributed by atoms with Crippen LogP contribution < -0.4 is 9.64 Å². The van der Waals surface area contributed by atoms with Gasteiger partial charge in [-0.3, -0.25) is 4.79 Å². The summed E-state index contributed by atoms with van der Waals surface area (Å²) < 4.78 is 30.5. The van der Waals surface area contributed by atoms with Gasteiger partial charge in [-0.05, 0) is 48.7 Å². The fourth-order valence-electron chi connectivity index (χ4n) is 4.96. The number of amidine groups is 1. The molecule has 0 spiro atoms. The maximum absolute atomic E-state index is 12.7. The summed E-state index contributed by atoms with van der Waals surface area (Å²) >= 11 is 1.42. The lowest BCUT2D eigenvalue weighted by Gasteiger charge is -2.24. The Morgan fingerprint density at radius 2 is 1.70 bits per heavy atom. The highest BCUT2D eigenvalue weighted by molar-refractivity contribution is 8.16. The molecule has 0 bridgehead atoms. The average molecular weight is 485 g/mol. The number of carbonyl (C=O) groups is 1. The van der Waals surface area contributed by atoms with Crippen molar-refractivity contribution in [3.63, 3.8) is 0 Å². The number of thioether (sulfide) groups is 1. The van der Waals surface area contributed by atoms with E-state index in [9.17, 15) is 13.2 Å². The summed E-state index contributed by atoms with van der Waals surface area (Å²) in [6.45, 7) is 0. The molecule has 2 aromatic carbocycles. The quantitative estimate of drug-likeness (QED) is 0.571. The lowest BCUT2D eigenvalue weighted by Crippen LogP contribution is -2.37. The van der Waals surface area contributed by atoms with E-state index in [0.717, 1.165) is 17.9 Å². The molecule has 6 nitrogen and oxygen atoms in total. The number of benzene rings is 2. The Kier molecular flexibility index (Phi) is 6.47. The van der Waals surface area contributed by atoms with Crippen molar-refractivity contribution in [1.82, 2.24) is 0 Å². The number of nitrogens with zero attached hydrogens (tertiary/aromatic N) is 2. The van der Waals surface area contributed by atoms with Gasteiger partial charge in [0.2, 0.25) is 5.91 Å². The second kappa shape index (κ2) is 9.50. The number of hydrogen-bond acceptors (Lipinski definition) is 5. The van der Waals surface area contributed by atoms with Crippen LogP contribution in [-0.2, 0) is 14.6 Å². The van der Waals surface area contributed by atoms with Crippen LogP contribution in [0.4, 0.5) is 5.69 Å². The fraction of sp³-hybridized carbons (Fsp3) is 0.440. The van der Waals surface area contributed by atoms with Gasteiger partial charge in [0.05, 0.1) is 17.5 Å². The van der Waals surface area contributed by atoms with Gasteiger partial charge < -0.3 is 9.64 Å². The molecule has 5 rings (SSSR count). The second-order valence-electron chi connectivity index (χ2n) is 9.06. The number of fused-ring (bicyclic) bond motifs is 1. The smallest absolute Gasteiger partial charge is 0.248 e. The number of carbonyl (C=O) groups excluding carboxylic acids is 1. The van der Waals surface area contributed by atoms with Gasteiger partial charge in [-0.15, -0.1) is 0 Å². The number of anilines is 1. The van der Waals surface area contributed by atoms with Crippen molar-refractivity contribution in [3.05, 3.63) is 54.6 Å². The van der Waals surface area contributed by atoms with Gasteiger partial charge in [0.25, 0.3) is 0 Å². The van der Waals surface area contributed by atoms with Crippen molar-refractivity contribution in [2.45, 2.75) is 49.8 Å². The van der Waals surface area contributed by atoms with E-state index < -0.39 is 9.84 Å². The van der Waals surface area contributed by atoms with Crippen LogP contribution in [0.25, 0.3) is 0 Å². The highest BCUT2D eigenvalue weighted by Gasteiger charge is 2.49. The highest BCUT2D eigenvalue weighted by Crippen LogP contribution is 2.41. The normalized spacial score (nSPS) is 25.5. The Balaban J connectivity index is 1.35. The predicted octanol–water partition coefficient (Wildman–Crippen LogP) is 5.05. The maximum Gasteiger partial charge on any atom is 0.248 e. The molecule has 3 aliphatic rings. The van der Waals surface area contributed by atoms with Crippen molar-refractivity contribution in [1.29, 1.82) is 0 Å². The molecular weight excluding hydrogens is 456 g/mol. The monoisotopic (exact) mass is 484 g/mol. The van der Waals surface area contributed by atoms with E-state index in [2.05, 4.69) is 4.99 Å². The van der Waals surface area contributed by atoms with Crippen LogP contribution in [-0.4, -0.2) is 42.3 Å². The molecule has 2 saturated heterocycles. The summed E-state index contributed by atoms with van der Waals surface area (Å²) in [7, 11) is -3.10. The first-order chi connectivity index (χ1) is 16.0. The van der Waals surface area contributed by atoms with Gasteiger partial charge >= 0.3 is 0 Å². The molecule has 2 heterocycles. The molecule has 2 aliphatic heterocycles. The lowest BCUT2D eigenvalue weighted by atomic mass is 10.0. The Bertz CT molecular complexity index is 1130. The first-order valence-corrected chi connectivity index (χ1v) is 14.3. The van der Waals surface area contributed by atoms with Crippen molar-refractivity contribution in [3.8, 4) is 11.5 Å². The van der Waals surface area contributed by atoms with Crippen LogP contribution in [0, 0.1) is 5.92 Å². The SMILES string of the molecule is O=C(CCC1CCCC1)N=C1S[C@@H]2CS(=O)(=O)C[C@@H]2N1c1ccc(Oc2ccccc2)cc1. The van der Waals surface area contributed by atoms with Crippen molar-refractivity contribution in [2.24, 2.45) is 10.9 Å². The third kappa shape index (κ3) is 5.27. The van der Waals surface area contributed by atoms with Gasteiger partial charge in [-0.1, -0.05) is 55.6 Å². The number of para-hydroxylation sites is 1. The molecule has 1 saturated carbocycles. The molecule has 0 N–H and O–H groups in total. The lowest BCUT2D eigenvalue weighted by molar-refractivity contribution is -0.118. The zero-order chi connectivity index (χ0) is 22.8. The first-order valence-electron chi connectivity index (χ1n) is 11.6. The molecule has 0 aromatic heterocycles. The minimum absolute atomic E-state index is 0.0855. The Morgan fingerprint density at radius 3 is 2.42 bits per heavy atom. The summed E-state index contributed by atoms with van der Waals surface area (Å²) in [5.74, 6) is 2.19. The number of rotatable bonds is 6. The van der Waals surface area contributed by atoms with Gasteiger partial charge in [0.15, 0.2) is 15.0 Å². The van der Waals surface area contributed by atoms with Gasteiger partial charge in [0.1, 0.15) is 11.5 Å². The standard InChI is InChI=1S/C25H28N2O4S2/c28-24(15-10-18-6-4-5-7-18)26-25-27(22-16-33(29,30)17-23(22)32-25)19-11-13-21(14-12-19)31-20-8-2-1-3-9-20/h1-3,8-9,11-14,18,22-23H,4-7,10,15-17H2/t22-,23+/m0/s1. The average Bonchev–Trinajstić information content (AvgIpc) is 3.48. The molecule has 2 atom stereocenters. The third-order valence-electron chi connectivity index (χ3n) is 6.62. The van der Waals surface area contributed by atoms with E-state index in [0.29, 0.717) is 23.3 Å². The van der Waals surface area contributed by atoms with Crippen LogP contribution in [0.15, 0.2) is 59.6 Å². The maximum atomic E-state index is 12.7. The van der Waals surface area contributed by atoms with Crippen LogP contribution in [0.3, 0.4) is 0 Å². The Labute approximate surface area is 199 Å². The van der Waals surface area contributed by atoms with Crippen LogP contribution >= 0.6 is 11.8 Å². The molecule has 2 aromatic rings. The number of hydrogen-bond donors (Lipinski definition) is 0. The van der Waals surface area contributed by atoms with E-state index >= 15 is 0 Å². The fourth-order valence-corrected chi connectivity index (χ4v) is 8.89. The van der Waals surface area contributed by atoms with Crippen molar-refractivity contribution in [2.75, 3.05) is 16.4 Å². The Hall–Kier alpha value is -2.32. The summed E-state index contributed by atoms with van der Waals surface area (Å²) in [5.41, 5.74) is 0.829. The number of aliphatic imine (C=N–C) groups is 1. The summed E-state index contributed by atoms with van der Waals surface area (Å²) in [6, 6.07) is 16.9. The number of amides is 1. The molecular formula is C25H28N2O4S2. The number of ether oxygens (including phenoxy) is 1. The molecule has 0 unspecified atom stereocenters.